The van der Waals surface area contributed by atoms with Gasteiger partial charge in [-0.1, -0.05) is 25.3 Å². The number of carbonyl (C=O) groups is 2. The number of amides is 3. The van der Waals surface area contributed by atoms with Crippen LogP contribution in [-0.4, -0.2) is 41.0 Å². The van der Waals surface area contributed by atoms with Crippen molar-refractivity contribution < 1.29 is 14.0 Å². The highest BCUT2D eigenvalue weighted by molar-refractivity contribution is 5.94. The van der Waals surface area contributed by atoms with E-state index in [1.165, 1.54) is 31.4 Å². The van der Waals surface area contributed by atoms with Gasteiger partial charge < -0.3 is 15.5 Å². The van der Waals surface area contributed by atoms with E-state index in [0.717, 1.165) is 44.9 Å². The highest BCUT2D eigenvalue weighted by Crippen LogP contribution is 2.34. The van der Waals surface area contributed by atoms with Gasteiger partial charge in [0, 0.05) is 29.7 Å². The number of urea groups is 1. The lowest BCUT2D eigenvalue weighted by Crippen LogP contribution is -2.61. The second-order valence-electron chi connectivity index (χ2n) is 8.58. The Morgan fingerprint density at radius 1 is 0.893 bits per heavy atom. The molecule has 0 unspecified atom stereocenters. The molecule has 0 spiro atoms. The number of carbonyl (C=O) groups excluding carboxylic acids is 2. The van der Waals surface area contributed by atoms with Gasteiger partial charge in [0.1, 0.15) is 5.82 Å². The Kier molecular flexibility index (Phi) is 5.83. The van der Waals surface area contributed by atoms with Crippen molar-refractivity contribution in [3.05, 3.63) is 35.6 Å². The van der Waals surface area contributed by atoms with Gasteiger partial charge in [-0.2, -0.15) is 0 Å². The fourth-order valence-electron chi connectivity index (χ4n) is 5.23. The Balaban J connectivity index is 1.37. The van der Waals surface area contributed by atoms with Gasteiger partial charge in [0.2, 0.25) is 0 Å². The summed E-state index contributed by atoms with van der Waals surface area (Å²) in [6.07, 6.45) is 10.5. The maximum Gasteiger partial charge on any atom is 0.318 e. The lowest BCUT2D eigenvalue weighted by atomic mass is 9.82. The molecular formula is C22H30FN3O2. The molecule has 2 atom stereocenters. The molecule has 5 nitrogen and oxygen atoms in total. The van der Waals surface area contributed by atoms with E-state index in [-0.39, 0.29) is 30.1 Å². The molecule has 1 saturated carbocycles. The summed E-state index contributed by atoms with van der Waals surface area (Å²) < 4.78 is 13.4. The molecule has 3 fully saturated rings. The first-order valence-corrected chi connectivity index (χ1v) is 10.8. The molecular weight excluding hydrogens is 357 g/mol. The van der Waals surface area contributed by atoms with Crippen molar-refractivity contribution in [2.75, 3.05) is 0 Å². The van der Waals surface area contributed by atoms with Crippen LogP contribution in [0.25, 0.3) is 0 Å². The molecule has 1 aromatic carbocycles. The second kappa shape index (κ2) is 8.50. The van der Waals surface area contributed by atoms with Crippen LogP contribution in [0, 0.1) is 5.82 Å². The van der Waals surface area contributed by atoms with Gasteiger partial charge in [0.05, 0.1) is 0 Å². The minimum absolute atomic E-state index is 0.0322. The smallest absolute Gasteiger partial charge is 0.318 e. The van der Waals surface area contributed by atoms with E-state index in [9.17, 15) is 14.0 Å². The van der Waals surface area contributed by atoms with E-state index < -0.39 is 5.82 Å². The number of benzene rings is 1. The van der Waals surface area contributed by atoms with Crippen molar-refractivity contribution in [3.63, 3.8) is 0 Å². The minimum atomic E-state index is -0.404. The number of hydrogen-bond donors (Lipinski definition) is 2. The summed E-state index contributed by atoms with van der Waals surface area (Å²) >= 11 is 0. The Hall–Kier alpha value is -2.11. The van der Waals surface area contributed by atoms with Gasteiger partial charge in [-0.15, -0.1) is 0 Å². The Morgan fingerprint density at radius 3 is 2.29 bits per heavy atom. The van der Waals surface area contributed by atoms with Gasteiger partial charge in [0.25, 0.3) is 5.91 Å². The normalized spacial score (nSPS) is 27.9. The number of nitrogens with one attached hydrogen (secondary N) is 2. The number of nitrogens with zero attached hydrogens (tertiary/aromatic N) is 1. The lowest BCUT2D eigenvalue weighted by Gasteiger charge is -2.49. The van der Waals surface area contributed by atoms with Crippen LogP contribution in [0.2, 0.25) is 0 Å². The fraction of sp³-hybridized carbons (Fsp3) is 0.636. The van der Waals surface area contributed by atoms with E-state index >= 15 is 0 Å². The maximum atomic E-state index is 13.4. The second-order valence-corrected chi connectivity index (χ2v) is 8.58. The van der Waals surface area contributed by atoms with Crippen LogP contribution >= 0.6 is 0 Å². The summed E-state index contributed by atoms with van der Waals surface area (Å²) in [6.45, 7) is 0. The predicted molar refractivity (Wildman–Crippen MR) is 106 cm³/mol. The standard InChI is InChI=1S/C22H30FN3O2/c23-16-7-4-6-15(12-16)21(27)24-18-13-19-10-5-11-20(14-18)26(19)22(28)25-17-8-2-1-3-9-17/h4,6-7,12,17-20H,1-3,5,8-11,13-14H2,(H,24,27)(H,25,28)/t19-,20-/m0/s1. The van der Waals surface area contributed by atoms with Gasteiger partial charge in [0.15, 0.2) is 0 Å². The molecule has 2 aliphatic heterocycles. The van der Waals surface area contributed by atoms with Crippen LogP contribution in [0.15, 0.2) is 24.3 Å². The summed E-state index contributed by atoms with van der Waals surface area (Å²) in [7, 11) is 0. The molecule has 3 amide bonds. The highest BCUT2D eigenvalue weighted by atomic mass is 19.1. The van der Waals surface area contributed by atoms with E-state index in [1.54, 1.807) is 12.1 Å². The lowest BCUT2D eigenvalue weighted by molar-refractivity contribution is 0.0506. The van der Waals surface area contributed by atoms with Crippen molar-refractivity contribution in [2.45, 2.75) is 88.4 Å². The van der Waals surface area contributed by atoms with Crippen molar-refractivity contribution in [2.24, 2.45) is 0 Å². The van der Waals surface area contributed by atoms with Crippen LogP contribution in [0.1, 0.15) is 74.6 Å². The molecule has 4 rings (SSSR count). The number of piperidine rings is 2. The monoisotopic (exact) mass is 387 g/mol. The number of rotatable bonds is 3. The first kappa shape index (κ1) is 19.2. The molecule has 3 aliphatic rings. The number of hydrogen-bond acceptors (Lipinski definition) is 2. The zero-order valence-electron chi connectivity index (χ0n) is 16.3. The molecule has 1 aliphatic carbocycles. The molecule has 6 heteroatoms. The summed E-state index contributed by atoms with van der Waals surface area (Å²) in [4.78, 5) is 27.5. The average molecular weight is 387 g/mol. The summed E-state index contributed by atoms with van der Waals surface area (Å²) in [5, 5.41) is 6.33. The number of halogens is 1. The first-order valence-electron chi connectivity index (χ1n) is 10.8. The summed E-state index contributed by atoms with van der Waals surface area (Å²) in [5.74, 6) is -0.638. The Morgan fingerprint density at radius 2 is 1.61 bits per heavy atom. The van der Waals surface area contributed by atoms with E-state index in [0.29, 0.717) is 11.6 Å². The molecule has 0 aromatic heterocycles. The molecule has 2 N–H and O–H groups in total. The minimum Gasteiger partial charge on any atom is -0.349 e. The van der Waals surface area contributed by atoms with Crippen molar-refractivity contribution in [1.29, 1.82) is 0 Å². The zero-order chi connectivity index (χ0) is 19.5. The average Bonchev–Trinajstić information content (AvgIpc) is 2.68. The largest absolute Gasteiger partial charge is 0.349 e. The van der Waals surface area contributed by atoms with Crippen LogP contribution in [0.3, 0.4) is 0 Å². The zero-order valence-corrected chi connectivity index (χ0v) is 16.3. The molecule has 2 saturated heterocycles. The number of fused-ring (bicyclic) bond motifs is 2. The summed E-state index contributed by atoms with van der Waals surface area (Å²) in [6, 6.07) is 6.56. The molecule has 1 aromatic rings. The highest BCUT2D eigenvalue weighted by Gasteiger charge is 2.41. The van der Waals surface area contributed by atoms with Crippen molar-refractivity contribution >= 4 is 11.9 Å². The van der Waals surface area contributed by atoms with Gasteiger partial charge in [-0.25, -0.2) is 9.18 Å². The molecule has 2 heterocycles. The Labute approximate surface area is 166 Å². The third kappa shape index (κ3) is 4.31. The molecule has 152 valence electrons. The van der Waals surface area contributed by atoms with E-state index in [1.807, 2.05) is 0 Å². The summed E-state index contributed by atoms with van der Waals surface area (Å²) in [5.41, 5.74) is 0.350. The van der Waals surface area contributed by atoms with Crippen LogP contribution < -0.4 is 10.6 Å². The predicted octanol–water partition coefficient (Wildman–Crippen LogP) is 3.98. The third-order valence-electron chi connectivity index (χ3n) is 6.56. The fourth-order valence-corrected chi connectivity index (χ4v) is 5.23. The van der Waals surface area contributed by atoms with Crippen LogP contribution in [-0.2, 0) is 0 Å². The Bertz CT molecular complexity index is 705. The van der Waals surface area contributed by atoms with Gasteiger partial charge >= 0.3 is 6.03 Å². The van der Waals surface area contributed by atoms with Crippen LogP contribution in [0.4, 0.5) is 9.18 Å². The first-order chi connectivity index (χ1) is 13.6. The molecule has 0 radical (unpaired) electrons. The quantitative estimate of drug-likeness (QED) is 0.824. The van der Waals surface area contributed by atoms with Crippen molar-refractivity contribution in [1.82, 2.24) is 15.5 Å². The topological polar surface area (TPSA) is 61.4 Å². The van der Waals surface area contributed by atoms with Gasteiger partial charge in [-0.05, 0) is 63.1 Å². The van der Waals surface area contributed by atoms with E-state index in [4.69, 9.17) is 0 Å². The van der Waals surface area contributed by atoms with Crippen LogP contribution in [0.5, 0.6) is 0 Å². The molecule has 2 bridgehead atoms. The SMILES string of the molecule is O=C(NC1C[C@@H]2CCC[C@@H](C1)N2C(=O)NC1CCCCC1)c1cccc(F)c1. The molecule has 28 heavy (non-hydrogen) atoms. The van der Waals surface area contributed by atoms with Gasteiger partial charge in [-0.3, -0.25) is 4.79 Å². The maximum absolute atomic E-state index is 13.4. The third-order valence-corrected chi connectivity index (χ3v) is 6.56. The van der Waals surface area contributed by atoms with E-state index in [2.05, 4.69) is 15.5 Å². The van der Waals surface area contributed by atoms with Crippen molar-refractivity contribution in [3.8, 4) is 0 Å².